The highest BCUT2D eigenvalue weighted by Crippen LogP contribution is 2.26. The summed E-state index contributed by atoms with van der Waals surface area (Å²) >= 11 is 1.87. The lowest BCUT2D eigenvalue weighted by Gasteiger charge is -2.10. The maximum absolute atomic E-state index is 11.4. The molecular formula is C9H15N3O2S. The second-order valence-corrected chi connectivity index (χ2v) is 4.21. The molecule has 0 radical (unpaired) electrons. The summed E-state index contributed by atoms with van der Waals surface area (Å²) in [4.78, 5) is 15.1. The first-order valence-corrected chi connectivity index (χ1v) is 5.80. The molecule has 2 rings (SSSR count). The summed E-state index contributed by atoms with van der Waals surface area (Å²) in [6.07, 6.45) is 2.79. The Morgan fingerprint density at radius 3 is 2.93 bits per heavy atom. The van der Waals surface area contributed by atoms with E-state index in [2.05, 4.69) is 4.98 Å². The third kappa shape index (κ3) is 2.97. The van der Waals surface area contributed by atoms with Crippen LogP contribution < -0.4 is 11.4 Å². The van der Waals surface area contributed by atoms with Crippen molar-refractivity contribution in [2.24, 2.45) is 0 Å². The van der Waals surface area contributed by atoms with Crippen LogP contribution in [0, 0.1) is 0 Å². The van der Waals surface area contributed by atoms with Crippen molar-refractivity contribution < 1.29 is 5.11 Å². The minimum Gasteiger partial charge on any atom is -0.400 e. The van der Waals surface area contributed by atoms with Gasteiger partial charge < -0.3 is 10.8 Å². The molecule has 1 aliphatic rings. The van der Waals surface area contributed by atoms with E-state index in [4.69, 9.17) is 10.8 Å². The van der Waals surface area contributed by atoms with Crippen molar-refractivity contribution in [3.05, 3.63) is 22.7 Å². The number of thioether (sulfide) groups is 1. The summed E-state index contributed by atoms with van der Waals surface area (Å²) in [6, 6.07) is 1.98. The Balaban J connectivity index is 0.000000531. The SMILES string of the molecule is CO.Nc1ccn([C@H]2CCSC2)c(=O)n1. The number of nitrogens with two attached hydrogens (primary N) is 1. The normalized spacial score (nSPS) is 19.5. The third-order valence-corrected chi connectivity index (χ3v) is 3.30. The lowest BCUT2D eigenvalue weighted by Crippen LogP contribution is -2.27. The summed E-state index contributed by atoms with van der Waals surface area (Å²) in [6.45, 7) is 0. The molecule has 0 unspecified atom stereocenters. The molecule has 5 nitrogen and oxygen atoms in total. The second-order valence-electron chi connectivity index (χ2n) is 3.06. The average molecular weight is 229 g/mol. The molecule has 1 aromatic heterocycles. The molecule has 0 bridgehead atoms. The minimum atomic E-state index is -0.229. The summed E-state index contributed by atoms with van der Waals surface area (Å²) in [5.41, 5.74) is 5.17. The fraction of sp³-hybridized carbons (Fsp3) is 0.556. The Bertz CT molecular complexity index is 361. The van der Waals surface area contributed by atoms with Gasteiger partial charge >= 0.3 is 5.69 Å². The van der Waals surface area contributed by atoms with Crippen molar-refractivity contribution in [2.45, 2.75) is 12.5 Å². The monoisotopic (exact) mass is 229 g/mol. The van der Waals surface area contributed by atoms with Crippen LogP contribution in [-0.4, -0.2) is 33.3 Å². The molecule has 0 aliphatic carbocycles. The van der Waals surface area contributed by atoms with Crippen molar-refractivity contribution in [1.29, 1.82) is 0 Å². The zero-order valence-electron chi connectivity index (χ0n) is 8.59. The molecule has 0 saturated carbocycles. The standard InChI is InChI=1S/C8H11N3OS.CH4O/c9-7-1-3-11(8(12)10-7)6-2-4-13-5-6;1-2/h1,3,6H,2,4-5H2,(H2,9,10,12);2H,1H3/t6-;/m0./s1. The topological polar surface area (TPSA) is 81.1 Å². The number of nitrogens with zero attached hydrogens (tertiary/aromatic N) is 2. The first-order valence-electron chi connectivity index (χ1n) is 4.64. The molecule has 84 valence electrons. The zero-order chi connectivity index (χ0) is 11.3. The highest BCUT2D eigenvalue weighted by Gasteiger charge is 2.18. The molecule has 15 heavy (non-hydrogen) atoms. The maximum atomic E-state index is 11.4. The van der Waals surface area contributed by atoms with Crippen LogP contribution in [0.1, 0.15) is 12.5 Å². The Morgan fingerprint density at radius 1 is 1.67 bits per heavy atom. The number of nitrogen functional groups attached to an aromatic ring is 1. The molecule has 1 aromatic rings. The molecule has 1 aliphatic heterocycles. The first kappa shape index (κ1) is 12.1. The van der Waals surface area contributed by atoms with Gasteiger partial charge in [-0.2, -0.15) is 16.7 Å². The van der Waals surface area contributed by atoms with Gasteiger partial charge in [0, 0.05) is 25.1 Å². The van der Waals surface area contributed by atoms with Gasteiger partial charge in [0.15, 0.2) is 0 Å². The predicted octanol–water partition coefficient (Wildman–Crippen LogP) is 0.112. The molecule has 1 atom stereocenters. The molecular weight excluding hydrogens is 214 g/mol. The molecule has 1 saturated heterocycles. The van der Waals surface area contributed by atoms with Crippen LogP contribution in [0.25, 0.3) is 0 Å². The summed E-state index contributed by atoms with van der Waals surface area (Å²) in [5.74, 6) is 2.43. The number of aliphatic hydroxyl groups is 1. The van der Waals surface area contributed by atoms with E-state index >= 15 is 0 Å². The summed E-state index contributed by atoms with van der Waals surface area (Å²) in [7, 11) is 1.00. The number of aliphatic hydroxyl groups excluding tert-OH is 1. The Kier molecular flexibility index (Phi) is 4.64. The lowest BCUT2D eigenvalue weighted by molar-refractivity contribution is 0.399. The van der Waals surface area contributed by atoms with Crippen LogP contribution in [0.3, 0.4) is 0 Å². The van der Waals surface area contributed by atoms with E-state index in [1.54, 1.807) is 16.8 Å². The van der Waals surface area contributed by atoms with Crippen molar-refractivity contribution in [1.82, 2.24) is 9.55 Å². The molecule has 0 spiro atoms. The van der Waals surface area contributed by atoms with Crippen LogP contribution in [-0.2, 0) is 0 Å². The van der Waals surface area contributed by atoms with Crippen LogP contribution >= 0.6 is 11.8 Å². The van der Waals surface area contributed by atoms with Crippen LogP contribution in [0.2, 0.25) is 0 Å². The minimum absolute atomic E-state index is 0.229. The highest BCUT2D eigenvalue weighted by molar-refractivity contribution is 7.99. The number of rotatable bonds is 1. The van der Waals surface area contributed by atoms with Gasteiger partial charge in [0.05, 0.1) is 0 Å². The van der Waals surface area contributed by atoms with Crippen LogP contribution in [0.15, 0.2) is 17.1 Å². The van der Waals surface area contributed by atoms with E-state index in [0.717, 1.165) is 25.0 Å². The lowest BCUT2D eigenvalue weighted by atomic mass is 10.2. The number of hydrogen-bond donors (Lipinski definition) is 2. The van der Waals surface area contributed by atoms with Gasteiger partial charge in [0.2, 0.25) is 0 Å². The van der Waals surface area contributed by atoms with Gasteiger partial charge in [0.1, 0.15) is 5.82 Å². The van der Waals surface area contributed by atoms with Crippen LogP contribution in [0.5, 0.6) is 0 Å². The molecule has 2 heterocycles. The van der Waals surface area contributed by atoms with E-state index < -0.39 is 0 Å². The fourth-order valence-electron chi connectivity index (χ4n) is 1.45. The quantitative estimate of drug-likeness (QED) is 0.714. The van der Waals surface area contributed by atoms with Crippen molar-refractivity contribution in [2.75, 3.05) is 24.3 Å². The predicted molar refractivity (Wildman–Crippen MR) is 62.0 cm³/mol. The smallest absolute Gasteiger partial charge is 0.349 e. The van der Waals surface area contributed by atoms with Crippen LogP contribution in [0.4, 0.5) is 5.82 Å². The molecule has 0 amide bonds. The summed E-state index contributed by atoms with van der Waals surface area (Å²) in [5, 5.41) is 7.00. The third-order valence-electron chi connectivity index (χ3n) is 2.15. The summed E-state index contributed by atoms with van der Waals surface area (Å²) < 4.78 is 1.68. The molecule has 0 aromatic carbocycles. The van der Waals surface area contributed by atoms with Gasteiger partial charge in [0.25, 0.3) is 0 Å². The zero-order valence-corrected chi connectivity index (χ0v) is 9.41. The van der Waals surface area contributed by atoms with Gasteiger partial charge in [-0.25, -0.2) is 4.79 Å². The van der Waals surface area contributed by atoms with Crippen molar-refractivity contribution >= 4 is 17.6 Å². The Hall–Kier alpha value is -1.01. The Labute approximate surface area is 92.3 Å². The second kappa shape index (κ2) is 5.77. The molecule has 3 N–H and O–H groups in total. The molecule has 1 fully saturated rings. The van der Waals surface area contributed by atoms with Gasteiger partial charge in [-0.3, -0.25) is 4.57 Å². The van der Waals surface area contributed by atoms with Crippen molar-refractivity contribution in [3.8, 4) is 0 Å². The first-order chi connectivity index (χ1) is 7.27. The maximum Gasteiger partial charge on any atom is 0.349 e. The van der Waals surface area contributed by atoms with E-state index in [9.17, 15) is 4.79 Å². The number of anilines is 1. The van der Waals surface area contributed by atoms with Gasteiger partial charge in [-0.1, -0.05) is 0 Å². The molecule has 6 heteroatoms. The van der Waals surface area contributed by atoms with Gasteiger partial charge in [-0.05, 0) is 18.2 Å². The number of aromatic nitrogens is 2. The van der Waals surface area contributed by atoms with Gasteiger partial charge in [-0.15, -0.1) is 0 Å². The fourth-order valence-corrected chi connectivity index (χ4v) is 2.65. The Morgan fingerprint density at radius 2 is 2.40 bits per heavy atom. The number of hydrogen-bond acceptors (Lipinski definition) is 5. The van der Waals surface area contributed by atoms with Crippen molar-refractivity contribution in [3.63, 3.8) is 0 Å². The highest BCUT2D eigenvalue weighted by atomic mass is 32.2. The van der Waals surface area contributed by atoms with E-state index in [1.165, 1.54) is 0 Å². The average Bonchev–Trinajstić information content (AvgIpc) is 2.74. The largest absolute Gasteiger partial charge is 0.400 e. The van der Waals surface area contributed by atoms with E-state index in [-0.39, 0.29) is 5.69 Å². The van der Waals surface area contributed by atoms with E-state index in [1.807, 2.05) is 11.8 Å². The van der Waals surface area contributed by atoms with E-state index in [0.29, 0.717) is 11.9 Å².